The number of benzene rings is 1. The first-order valence-electron chi connectivity index (χ1n) is 4.82. The highest BCUT2D eigenvalue weighted by Gasteiger charge is 2.03. The summed E-state index contributed by atoms with van der Waals surface area (Å²) in [4.78, 5) is 0. The van der Waals surface area contributed by atoms with E-state index in [1.807, 2.05) is 0 Å². The molecular weight excluding hydrogens is 209 g/mol. The molecule has 1 aromatic heterocycles. The van der Waals surface area contributed by atoms with Crippen LogP contribution >= 0.6 is 0 Å². The first-order valence-corrected chi connectivity index (χ1v) is 4.82. The second-order valence-electron chi connectivity index (χ2n) is 3.43. The number of rotatable bonds is 3. The number of anilines is 1. The molecule has 1 heterocycles. The highest BCUT2D eigenvalue weighted by Crippen LogP contribution is 2.14. The average Bonchev–Trinajstić information content (AvgIpc) is 2.57. The maximum absolute atomic E-state index is 12.6. The fraction of sp³-hybridized carbons (Fsp3) is 0.182. The SMILES string of the molecule is Cn1nc(N)cc1COc1ccc(F)cc1. The van der Waals surface area contributed by atoms with Crippen molar-refractivity contribution in [1.29, 1.82) is 0 Å². The summed E-state index contributed by atoms with van der Waals surface area (Å²) in [7, 11) is 1.79. The molecule has 16 heavy (non-hydrogen) atoms. The van der Waals surface area contributed by atoms with Gasteiger partial charge in [0.2, 0.25) is 0 Å². The molecule has 1 aromatic carbocycles. The third-order valence-electron chi connectivity index (χ3n) is 2.20. The third kappa shape index (κ3) is 2.31. The van der Waals surface area contributed by atoms with E-state index in [-0.39, 0.29) is 5.82 Å². The lowest BCUT2D eigenvalue weighted by molar-refractivity contribution is 0.294. The van der Waals surface area contributed by atoms with Crippen LogP contribution in [0.5, 0.6) is 5.75 Å². The van der Waals surface area contributed by atoms with Gasteiger partial charge in [0.05, 0.1) is 5.69 Å². The molecule has 5 heteroatoms. The monoisotopic (exact) mass is 221 g/mol. The standard InChI is InChI=1S/C11H12FN3O/c1-15-9(6-11(13)14-15)7-16-10-4-2-8(12)3-5-10/h2-6H,7H2,1H3,(H2,13,14). The topological polar surface area (TPSA) is 53.1 Å². The molecule has 0 spiro atoms. The van der Waals surface area contributed by atoms with Crippen LogP contribution in [-0.4, -0.2) is 9.78 Å². The van der Waals surface area contributed by atoms with Gasteiger partial charge in [-0.15, -0.1) is 0 Å². The van der Waals surface area contributed by atoms with E-state index in [2.05, 4.69) is 5.10 Å². The first-order chi connectivity index (χ1) is 7.65. The van der Waals surface area contributed by atoms with Gasteiger partial charge in [-0.05, 0) is 24.3 Å². The summed E-state index contributed by atoms with van der Waals surface area (Å²) in [5.74, 6) is 0.790. The molecule has 4 nitrogen and oxygen atoms in total. The molecule has 0 unspecified atom stereocenters. The summed E-state index contributed by atoms with van der Waals surface area (Å²) < 4.78 is 19.7. The number of ether oxygens (including phenoxy) is 1. The third-order valence-corrected chi connectivity index (χ3v) is 2.20. The molecule has 2 aromatic rings. The van der Waals surface area contributed by atoms with Crippen molar-refractivity contribution < 1.29 is 9.13 Å². The molecule has 2 rings (SSSR count). The lowest BCUT2D eigenvalue weighted by Crippen LogP contribution is -2.02. The van der Waals surface area contributed by atoms with E-state index >= 15 is 0 Å². The van der Waals surface area contributed by atoms with E-state index in [1.54, 1.807) is 29.9 Å². The smallest absolute Gasteiger partial charge is 0.145 e. The number of aromatic nitrogens is 2. The fourth-order valence-electron chi connectivity index (χ4n) is 1.35. The van der Waals surface area contributed by atoms with Crippen LogP contribution in [0.25, 0.3) is 0 Å². The van der Waals surface area contributed by atoms with Gasteiger partial charge < -0.3 is 10.5 Å². The zero-order chi connectivity index (χ0) is 11.5. The highest BCUT2D eigenvalue weighted by molar-refractivity contribution is 5.29. The van der Waals surface area contributed by atoms with Gasteiger partial charge in [-0.25, -0.2) is 4.39 Å². The van der Waals surface area contributed by atoms with Crippen molar-refractivity contribution in [3.05, 3.63) is 41.8 Å². The number of hydrogen-bond acceptors (Lipinski definition) is 3. The van der Waals surface area contributed by atoms with Gasteiger partial charge in [0.25, 0.3) is 0 Å². The van der Waals surface area contributed by atoms with E-state index in [0.717, 1.165) is 5.69 Å². The quantitative estimate of drug-likeness (QED) is 0.858. The zero-order valence-electron chi connectivity index (χ0n) is 8.85. The normalized spacial score (nSPS) is 10.4. The van der Waals surface area contributed by atoms with Crippen molar-refractivity contribution in [1.82, 2.24) is 9.78 Å². The van der Waals surface area contributed by atoms with Crippen LogP contribution in [0.2, 0.25) is 0 Å². The maximum atomic E-state index is 12.6. The summed E-state index contributed by atoms with van der Waals surface area (Å²) in [6, 6.07) is 7.60. The van der Waals surface area contributed by atoms with Crippen molar-refractivity contribution in [2.45, 2.75) is 6.61 Å². The summed E-state index contributed by atoms with van der Waals surface area (Å²) in [5, 5.41) is 3.99. The molecule has 0 aliphatic carbocycles. The predicted molar refractivity (Wildman–Crippen MR) is 58.4 cm³/mol. The predicted octanol–water partition coefficient (Wildman–Crippen LogP) is 1.72. The van der Waals surface area contributed by atoms with Gasteiger partial charge in [-0.1, -0.05) is 0 Å². The van der Waals surface area contributed by atoms with Crippen molar-refractivity contribution in [3.63, 3.8) is 0 Å². The zero-order valence-corrected chi connectivity index (χ0v) is 8.85. The van der Waals surface area contributed by atoms with Crippen molar-refractivity contribution in [2.75, 3.05) is 5.73 Å². The fourth-order valence-corrected chi connectivity index (χ4v) is 1.35. The van der Waals surface area contributed by atoms with E-state index in [1.165, 1.54) is 12.1 Å². The summed E-state index contributed by atoms with van der Waals surface area (Å²) in [5.41, 5.74) is 6.39. The molecule has 0 atom stereocenters. The van der Waals surface area contributed by atoms with Gasteiger partial charge in [0, 0.05) is 13.1 Å². The van der Waals surface area contributed by atoms with Crippen molar-refractivity contribution in [2.24, 2.45) is 7.05 Å². The summed E-state index contributed by atoms with van der Waals surface area (Å²) in [6.07, 6.45) is 0. The molecule has 0 radical (unpaired) electrons. The molecule has 0 bridgehead atoms. The van der Waals surface area contributed by atoms with Crippen LogP contribution in [0.15, 0.2) is 30.3 Å². The number of nitrogen functional groups attached to an aromatic ring is 1. The number of halogens is 1. The minimum Gasteiger partial charge on any atom is -0.487 e. The van der Waals surface area contributed by atoms with Crippen LogP contribution in [0.1, 0.15) is 5.69 Å². The Hall–Kier alpha value is -2.04. The Balaban J connectivity index is 2.02. The molecule has 0 amide bonds. The Morgan fingerprint density at radius 3 is 2.62 bits per heavy atom. The van der Waals surface area contributed by atoms with E-state index in [0.29, 0.717) is 18.2 Å². The van der Waals surface area contributed by atoms with Gasteiger partial charge in [0.1, 0.15) is 24.0 Å². The Bertz CT molecular complexity index is 478. The second kappa shape index (κ2) is 4.22. The van der Waals surface area contributed by atoms with Crippen LogP contribution in [-0.2, 0) is 13.7 Å². The van der Waals surface area contributed by atoms with Crippen LogP contribution in [0.3, 0.4) is 0 Å². The van der Waals surface area contributed by atoms with E-state index in [4.69, 9.17) is 10.5 Å². The largest absolute Gasteiger partial charge is 0.487 e. The van der Waals surface area contributed by atoms with E-state index in [9.17, 15) is 4.39 Å². The number of hydrogen-bond donors (Lipinski definition) is 1. The van der Waals surface area contributed by atoms with Crippen molar-refractivity contribution in [3.8, 4) is 5.75 Å². The van der Waals surface area contributed by atoms with Gasteiger partial charge in [-0.3, -0.25) is 4.68 Å². The average molecular weight is 221 g/mol. The number of nitrogens with zero attached hydrogens (tertiary/aromatic N) is 2. The minimum absolute atomic E-state index is 0.280. The first kappa shape index (κ1) is 10.5. The molecule has 0 aliphatic rings. The van der Waals surface area contributed by atoms with Gasteiger partial charge in [-0.2, -0.15) is 5.10 Å². The molecule has 2 N–H and O–H groups in total. The van der Waals surface area contributed by atoms with Crippen molar-refractivity contribution >= 4 is 5.82 Å². The second-order valence-corrected chi connectivity index (χ2v) is 3.43. The van der Waals surface area contributed by atoms with E-state index < -0.39 is 0 Å². The summed E-state index contributed by atoms with van der Waals surface area (Å²) in [6.45, 7) is 0.354. The van der Waals surface area contributed by atoms with Crippen LogP contribution in [0, 0.1) is 5.82 Å². The Morgan fingerprint density at radius 2 is 2.06 bits per heavy atom. The molecule has 84 valence electrons. The van der Waals surface area contributed by atoms with Crippen LogP contribution < -0.4 is 10.5 Å². The molecular formula is C11H12FN3O. The lowest BCUT2D eigenvalue weighted by Gasteiger charge is -2.05. The number of aryl methyl sites for hydroxylation is 1. The Labute approximate surface area is 92.4 Å². The minimum atomic E-state index is -0.280. The molecule has 0 saturated heterocycles. The molecule has 0 saturated carbocycles. The maximum Gasteiger partial charge on any atom is 0.145 e. The molecule has 0 fully saturated rings. The lowest BCUT2D eigenvalue weighted by atomic mass is 10.3. The van der Waals surface area contributed by atoms with Gasteiger partial charge >= 0.3 is 0 Å². The molecule has 0 aliphatic heterocycles. The number of nitrogens with two attached hydrogens (primary N) is 1. The Kier molecular flexibility index (Phi) is 2.76. The highest BCUT2D eigenvalue weighted by atomic mass is 19.1. The Morgan fingerprint density at radius 1 is 1.38 bits per heavy atom. The summed E-state index contributed by atoms with van der Waals surface area (Å²) >= 11 is 0. The van der Waals surface area contributed by atoms with Gasteiger partial charge in [0.15, 0.2) is 0 Å². The van der Waals surface area contributed by atoms with Crippen LogP contribution in [0.4, 0.5) is 10.2 Å².